The summed E-state index contributed by atoms with van der Waals surface area (Å²) < 4.78 is 0. The van der Waals surface area contributed by atoms with Crippen LogP contribution < -0.4 is 5.32 Å². The predicted octanol–water partition coefficient (Wildman–Crippen LogP) is 1.27. The van der Waals surface area contributed by atoms with Crippen LogP contribution in [-0.2, 0) is 6.42 Å². The quantitative estimate of drug-likeness (QED) is 0.705. The SMILES string of the molecule is C1=C2C3CNCC(C3)C2Cc2nccnc21. The summed E-state index contributed by atoms with van der Waals surface area (Å²) in [5, 5.41) is 3.55. The van der Waals surface area contributed by atoms with Crippen molar-refractivity contribution in [2.75, 3.05) is 13.1 Å². The Hall–Kier alpha value is -1.22. The molecule has 2 heterocycles. The minimum atomic E-state index is 0.740. The van der Waals surface area contributed by atoms with Crippen molar-refractivity contribution in [3.05, 3.63) is 29.4 Å². The lowest BCUT2D eigenvalue weighted by Gasteiger charge is -2.23. The highest BCUT2D eigenvalue weighted by Crippen LogP contribution is 2.47. The number of hydrogen-bond acceptors (Lipinski definition) is 3. The Bertz CT molecular complexity index is 466. The van der Waals surface area contributed by atoms with Crippen molar-refractivity contribution in [1.29, 1.82) is 0 Å². The van der Waals surface area contributed by atoms with Crippen LogP contribution in [0.3, 0.4) is 0 Å². The molecule has 16 heavy (non-hydrogen) atoms. The fraction of sp³-hybridized carbons (Fsp3) is 0.538. The summed E-state index contributed by atoms with van der Waals surface area (Å²) in [5.74, 6) is 2.34. The molecule has 1 N–H and O–H groups in total. The molecule has 82 valence electrons. The fourth-order valence-corrected chi connectivity index (χ4v) is 3.64. The number of nitrogens with one attached hydrogen (secondary N) is 1. The predicted molar refractivity (Wildman–Crippen MR) is 61.7 cm³/mol. The summed E-state index contributed by atoms with van der Waals surface area (Å²) in [4.78, 5) is 8.90. The second-order valence-corrected chi connectivity index (χ2v) is 5.19. The minimum absolute atomic E-state index is 0.740. The van der Waals surface area contributed by atoms with Crippen molar-refractivity contribution in [2.45, 2.75) is 12.8 Å². The third-order valence-electron chi connectivity index (χ3n) is 4.38. The normalized spacial score (nSPS) is 35.2. The second kappa shape index (κ2) is 3.14. The molecule has 1 aliphatic heterocycles. The zero-order chi connectivity index (χ0) is 10.5. The Morgan fingerprint density at radius 1 is 1.19 bits per heavy atom. The Morgan fingerprint density at radius 2 is 2.12 bits per heavy atom. The van der Waals surface area contributed by atoms with Crippen LogP contribution >= 0.6 is 0 Å². The molecule has 0 spiro atoms. The van der Waals surface area contributed by atoms with Crippen LogP contribution in [0.4, 0.5) is 0 Å². The largest absolute Gasteiger partial charge is 0.316 e. The van der Waals surface area contributed by atoms with Gasteiger partial charge in [0.1, 0.15) is 0 Å². The van der Waals surface area contributed by atoms with Crippen LogP contribution in [0.15, 0.2) is 18.0 Å². The van der Waals surface area contributed by atoms with E-state index >= 15 is 0 Å². The van der Waals surface area contributed by atoms with Crippen molar-refractivity contribution in [3.63, 3.8) is 0 Å². The summed E-state index contributed by atoms with van der Waals surface area (Å²) in [6, 6.07) is 0. The molecular weight excluding hydrogens is 198 g/mol. The number of fused-ring (bicyclic) bond motifs is 6. The molecule has 2 fully saturated rings. The molecule has 3 atom stereocenters. The van der Waals surface area contributed by atoms with Crippen LogP contribution in [0.2, 0.25) is 0 Å². The lowest BCUT2D eigenvalue weighted by atomic mass is 9.84. The molecule has 2 aliphatic carbocycles. The molecule has 3 unspecified atom stereocenters. The van der Waals surface area contributed by atoms with Gasteiger partial charge in [-0.15, -0.1) is 0 Å². The van der Waals surface area contributed by atoms with Crippen molar-refractivity contribution >= 4 is 6.08 Å². The maximum Gasteiger partial charge on any atom is 0.0845 e. The molecule has 3 nitrogen and oxygen atoms in total. The molecule has 0 amide bonds. The van der Waals surface area contributed by atoms with Gasteiger partial charge in [0.05, 0.1) is 11.4 Å². The highest BCUT2D eigenvalue weighted by molar-refractivity contribution is 5.57. The maximum absolute atomic E-state index is 4.47. The van der Waals surface area contributed by atoms with Gasteiger partial charge in [0.2, 0.25) is 0 Å². The van der Waals surface area contributed by atoms with Gasteiger partial charge < -0.3 is 5.32 Å². The van der Waals surface area contributed by atoms with Crippen LogP contribution in [0.25, 0.3) is 6.08 Å². The van der Waals surface area contributed by atoms with E-state index in [0.717, 1.165) is 36.4 Å². The summed E-state index contributed by atoms with van der Waals surface area (Å²) in [7, 11) is 0. The van der Waals surface area contributed by atoms with Crippen LogP contribution in [0.1, 0.15) is 17.8 Å². The van der Waals surface area contributed by atoms with E-state index in [9.17, 15) is 0 Å². The zero-order valence-corrected chi connectivity index (χ0v) is 9.19. The fourth-order valence-electron chi connectivity index (χ4n) is 3.64. The van der Waals surface area contributed by atoms with Crippen molar-refractivity contribution in [3.8, 4) is 0 Å². The number of hydrogen-bond donors (Lipinski definition) is 1. The van der Waals surface area contributed by atoms with Gasteiger partial charge >= 0.3 is 0 Å². The summed E-state index contributed by atoms with van der Waals surface area (Å²) in [6.45, 7) is 2.35. The third-order valence-corrected chi connectivity index (χ3v) is 4.38. The summed E-state index contributed by atoms with van der Waals surface area (Å²) in [5.41, 5.74) is 3.95. The molecule has 1 saturated heterocycles. The van der Waals surface area contributed by atoms with Crippen LogP contribution in [0, 0.1) is 17.8 Å². The number of piperidine rings is 1. The molecule has 4 rings (SSSR count). The number of nitrogens with zero attached hydrogens (tertiary/aromatic N) is 2. The van der Waals surface area contributed by atoms with Gasteiger partial charge in [-0.1, -0.05) is 5.57 Å². The maximum atomic E-state index is 4.47. The van der Waals surface area contributed by atoms with Gasteiger partial charge in [-0.3, -0.25) is 9.97 Å². The van der Waals surface area contributed by atoms with Crippen molar-refractivity contribution in [1.82, 2.24) is 15.3 Å². The molecule has 3 heteroatoms. The Balaban J connectivity index is 1.83. The molecule has 1 aromatic heterocycles. The second-order valence-electron chi connectivity index (χ2n) is 5.19. The van der Waals surface area contributed by atoms with Gasteiger partial charge in [-0.2, -0.15) is 0 Å². The monoisotopic (exact) mass is 213 g/mol. The lowest BCUT2D eigenvalue weighted by molar-refractivity contribution is 0.341. The highest BCUT2D eigenvalue weighted by Gasteiger charge is 2.42. The van der Waals surface area contributed by atoms with Gasteiger partial charge in [0.15, 0.2) is 0 Å². The van der Waals surface area contributed by atoms with E-state index in [0.29, 0.717) is 0 Å². The molecule has 1 aromatic rings. The molecule has 2 bridgehead atoms. The average molecular weight is 213 g/mol. The van der Waals surface area contributed by atoms with E-state index in [4.69, 9.17) is 0 Å². The topological polar surface area (TPSA) is 37.8 Å². The Morgan fingerprint density at radius 3 is 3.12 bits per heavy atom. The van der Waals surface area contributed by atoms with E-state index < -0.39 is 0 Å². The zero-order valence-electron chi connectivity index (χ0n) is 9.19. The first-order valence-corrected chi connectivity index (χ1v) is 6.14. The van der Waals surface area contributed by atoms with Crippen LogP contribution in [0.5, 0.6) is 0 Å². The minimum Gasteiger partial charge on any atom is -0.316 e. The van der Waals surface area contributed by atoms with Crippen molar-refractivity contribution in [2.24, 2.45) is 17.8 Å². The number of rotatable bonds is 0. The first-order chi connectivity index (χ1) is 7.92. The van der Waals surface area contributed by atoms with Gasteiger partial charge in [0.25, 0.3) is 0 Å². The van der Waals surface area contributed by atoms with E-state index in [1.54, 1.807) is 11.8 Å². The van der Waals surface area contributed by atoms with Gasteiger partial charge in [-0.05, 0) is 43.2 Å². The third kappa shape index (κ3) is 1.12. The standard InChI is InChI=1S/C13H15N3/c1-2-16-13-5-11-9-3-8(6-14-7-9)10(11)4-12(13)15-1/h1-2,4,8-9,11,14H,3,5-7H2. The van der Waals surface area contributed by atoms with E-state index in [-0.39, 0.29) is 0 Å². The first kappa shape index (κ1) is 8.88. The van der Waals surface area contributed by atoms with Gasteiger partial charge in [-0.25, -0.2) is 0 Å². The van der Waals surface area contributed by atoms with E-state index in [1.807, 2.05) is 6.20 Å². The molecular formula is C13H15N3. The Labute approximate surface area is 95.0 Å². The van der Waals surface area contributed by atoms with E-state index in [2.05, 4.69) is 21.4 Å². The first-order valence-electron chi connectivity index (χ1n) is 6.14. The highest BCUT2D eigenvalue weighted by atomic mass is 14.9. The van der Waals surface area contributed by atoms with E-state index in [1.165, 1.54) is 18.7 Å². The van der Waals surface area contributed by atoms with Crippen LogP contribution in [-0.4, -0.2) is 23.1 Å². The van der Waals surface area contributed by atoms with Gasteiger partial charge in [0, 0.05) is 18.9 Å². The van der Waals surface area contributed by atoms with Crippen molar-refractivity contribution < 1.29 is 0 Å². The summed E-state index contributed by atoms with van der Waals surface area (Å²) >= 11 is 0. The average Bonchev–Trinajstić information content (AvgIpc) is 2.59. The molecule has 3 aliphatic rings. The Kier molecular flexibility index (Phi) is 1.74. The molecule has 0 radical (unpaired) electrons. The summed E-state index contributed by atoms with van der Waals surface area (Å²) in [6.07, 6.45) is 8.41. The smallest absolute Gasteiger partial charge is 0.0845 e. The molecule has 0 aromatic carbocycles. The molecule has 1 saturated carbocycles. The number of aromatic nitrogens is 2. The lowest BCUT2D eigenvalue weighted by Crippen LogP contribution is -2.32.